The van der Waals surface area contributed by atoms with Gasteiger partial charge in [0.15, 0.2) is 10.1 Å². The summed E-state index contributed by atoms with van der Waals surface area (Å²) in [6.45, 7) is 12.5. The molecule has 0 aliphatic heterocycles. The van der Waals surface area contributed by atoms with E-state index >= 15 is 0 Å². The second kappa shape index (κ2) is 8.81. The first-order valence-electron chi connectivity index (χ1n) is 7.36. The van der Waals surface area contributed by atoms with Crippen molar-refractivity contribution in [3.8, 4) is 11.6 Å². The fraction of sp³-hybridized carbons (Fsp3) is 0.643. The molecule has 0 saturated carbocycles. The molecule has 0 saturated heterocycles. The maximum absolute atomic E-state index is 10.7. The van der Waals surface area contributed by atoms with Gasteiger partial charge in [0.05, 0.1) is 12.1 Å². The molecule has 0 amide bonds. The van der Waals surface area contributed by atoms with Crippen LogP contribution in [0, 0.1) is 36.0 Å². The lowest BCUT2D eigenvalue weighted by Crippen LogP contribution is -2.51. The molecule has 146 valence electrons. The van der Waals surface area contributed by atoms with Gasteiger partial charge in [-0.15, -0.1) is 0 Å². The Balaban J connectivity index is 0.000000660. The third-order valence-corrected chi connectivity index (χ3v) is 5.19. The Bertz CT molecular complexity index is 788. The lowest BCUT2D eigenvalue weighted by Gasteiger charge is -2.10. The molecule has 26 heavy (non-hydrogen) atoms. The molecule has 7 nitrogen and oxygen atoms in total. The molecule has 1 heterocycles. The number of halogens is 3. The molecule has 1 rings (SSSR count). The molecule has 0 aliphatic carbocycles. The number of rotatable bonds is 3. The summed E-state index contributed by atoms with van der Waals surface area (Å²) in [5, 5.41) is 18.4. The van der Waals surface area contributed by atoms with Gasteiger partial charge in [-0.3, -0.25) is 0 Å². The molecule has 12 heteroatoms. The number of alkyl halides is 3. The van der Waals surface area contributed by atoms with Gasteiger partial charge >= 0.3 is 11.1 Å². The van der Waals surface area contributed by atoms with Crippen molar-refractivity contribution >= 4 is 23.6 Å². The lowest BCUT2D eigenvalue weighted by atomic mass is 10.3. The predicted molar refractivity (Wildman–Crippen MR) is 88.4 cm³/mol. The predicted octanol–water partition coefficient (Wildman–Crippen LogP) is 2.68. The zero-order valence-corrected chi connectivity index (χ0v) is 16.9. The van der Waals surface area contributed by atoms with E-state index in [1.165, 1.54) is 0 Å². The first-order valence-corrected chi connectivity index (χ1v) is 10.1. The van der Waals surface area contributed by atoms with Crippen LogP contribution in [-0.4, -0.2) is 23.0 Å². The van der Waals surface area contributed by atoms with E-state index < -0.39 is 23.5 Å². The normalized spacial score (nSPS) is 12.0. The third kappa shape index (κ3) is 5.41. The summed E-state index contributed by atoms with van der Waals surface area (Å²) in [7, 11) is -7.51. The Morgan fingerprint density at radius 2 is 1.54 bits per heavy atom. The molecule has 0 bridgehead atoms. The Labute approximate surface area is 152 Å². The molecule has 0 unspecified atom stereocenters. The van der Waals surface area contributed by atoms with Crippen molar-refractivity contribution in [2.45, 2.75) is 59.1 Å². The van der Waals surface area contributed by atoms with Gasteiger partial charge in [0, 0.05) is 13.8 Å². The molecule has 0 fully saturated rings. The average molecular weight is 412 g/mol. The van der Waals surface area contributed by atoms with Crippen molar-refractivity contribution in [2.75, 3.05) is 0 Å². The summed E-state index contributed by atoms with van der Waals surface area (Å²) < 4.78 is 63.2. The SMILES string of the molecule is Cc1c(C)[n+](C(C)C)c(P(C#N)C#N)n1C(C)C.O=S(=O)([O-])C(F)(F)F. The highest BCUT2D eigenvalue weighted by molar-refractivity contribution is 7.86. The topological polar surface area (TPSA) is 114 Å². The lowest BCUT2D eigenvalue weighted by molar-refractivity contribution is -0.704. The monoisotopic (exact) mass is 412 g/mol. The smallest absolute Gasteiger partial charge is 0.485 e. The van der Waals surface area contributed by atoms with E-state index in [1.54, 1.807) is 0 Å². The van der Waals surface area contributed by atoms with E-state index in [9.17, 15) is 23.7 Å². The summed E-state index contributed by atoms with van der Waals surface area (Å²) in [6.07, 6.45) is 0. The van der Waals surface area contributed by atoms with Crippen LogP contribution >= 0.6 is 7.92 Å². The number of hydrogen-bond donors (Lipinski definition) is 0. The fourth-order valence-electron chi connectivity index (χ4n) is 2.33. The van der Waals surface area contributed by atoms with E-state index in [1.807, 2.05) is 0 Å². The standard InChI is InChI=1S/C13H20N4P.CHF3O3S/c1-9(2)16-11(5)12(6)17(10(3)4)13(16)18(7-14)8-15;2-1(3,4)8(5,6)7/h9-10H,1-6H3;(H,5,6,7)/q+1;/p-1. The Morgan fingerprint density at radius 3 is 1.77 bits per heavy atom. The largest absolute Gasteiger partial charge is 0.741 e. The minimum Gasteiger partial charge on any atom is -0.741 e. The molecule has 0 aromatic carbocycles. The number of nitriles is 2. The van der Waals surface area contributed by atoms with Crippen molar-refractivity contribution in [1.29, 1.82) is 10.5 Å². The summed E-state index contributed by atoms with van der Waals surface area (Å²) in [5.74, 6) is 4.32. The highest BCUT2D eigenvalue weighted by atomic mass is 32.2. The highest BCUT2D eigenvalue weighted by Gasteiger charge is 2.37. The maximum Gasteiger partial charge on any atom is 0.485 e. The van der Waals surface area contributed by atoms with Gasteiger partial charge in [0.1, 0.15) is 23.0 Å². The number of imidazole rings is 1. The summed E-state index contributed by atoms with van der Waals surface area (Å²) >= 11 is 0. The second-order valence-corrected chi connectivity index (χ2v) is 8.68. The molecule has 1 aromatic heterocycles. The quantitative estimate of drug-likeness (QED) is 0.328. The van der Waals surface area contributed by atoms with E-state index in [-0.39, 0.29) is 12.1 Å². The van der Waals surface area contributed by atoms with Crippen LogP contribution in [0.4, 0.5) is 13.2 Å². The van der Waals surface area contributed by atoms with Crippen LogP contribution < -0.4 is 10.1 Å². The molecule has 1 aromatic rings. The van der Waals surface area contributed by atoms with Gasteiger partial charge in [-0.05, 0) is 27.7 Å². The second-order valence-electron chi connectivity index (χ2n) is 5.83. The summed E-state index contributed by atoms with van der Waals surface area (Å²) in [6, 6.07) is 0.510. The van der Waals surface area contributed by atoms with Gasteiger partial charge in [-0.2, -0.15) is 23.7 Å². The van der Waals surface area contributed by atoms with Crippen molar-refractivity contribution in [2.24, 2.45) is 0 Å². The molecule has 0 N–H and O–H groups in total. The van der Waals surface area contributed by atoms with Gasteiger partial charge in [0.2, 0.25) is 7.92 Å². The molecule has 0 radical (unpaired) electrons. The van der Waals surface area contributed by atoms with Gasteiger partial charge in [-0.25, -0.2) is 17.6 Å². The Hall–Kier alpha value is -1.68. The fourth-order valence-corrected chi connectivity index (χ4v) is 3.74. The van der Waals surface area contributed by atoms with E-state index in [4.69, 9.17) is 13.0 Å². The molecule has 0 spiro atoms. The van der Waals surface area contributed by atoms with Crippen LogP contribution in [0.2, 0.25) is 0 Å². The first-order chi connectivity index (χ1) is 11.6. The zero-order valence-electron chi connectivity index (χ0n) is 15.2. The van der Waals surface area contributed by atoms with Crippen LogP contribution in [0.1, 0.15) is 51.2 Å². The number of nitrogens with zero attached hydrogens (tertiary/aromatic N) is 4. The van der Waals surface area contributed by atoms with Gasteiger partial charge < -0.3 is 4.55 Å². The molecule has 0 atom stereocenters. The van der Waals surface area contributed by atoms with Crippen LogP contribution in [0.3, 0.4) is 0 Å². The van der Waals surface area contributed by atoms with E-state index in [2.05, 4.69) is 62.3 Å². The first kappa shape index (κ1) is 24.3. The molecular formula is C14H20F3N4O3PS. The van der Waals surface area contributed by atoms with Crippen molar-refractivity contribution in [3.05, 3.63) is 11.4 Å². The zero-order chi connectivity index (χ0) is 21.0. The van der Waals surface area contributed by atoms with Crippen LogP contribution in [-0.2, 0) is 10.1 Å². The van der Waals surface area contributed by atoms with Crippen LogP contribution in [0.15, 0.2) is 0 Å². The van der Waals surface area contributed by atoms with Crippen LogP contribution in [0.5, 0.6) is 0 Å². The number of hydrogen-bond acceptors (Lipinski definition) is 5. The highest BCUT2D eigenvalue weighted by Crippen LogP contribution is 2.32. The summed E-state index contributed by atoms with van der Waals surface area (Å²) in [4.78, 5) is 0. The summed E-state index contributed by atoms with van der Waals surface area (Å²) in [5.41, 5.74) is -2.49. The van der Waals surface area contributed by atoms with Crippen molar-refractivity contribution in [3.63, 3.8) is 0 Å². The number of aromatic nitrogens is 2. The minimum absolute atomic E-state index is 0.255. The van der Waals surface area contributed by atoms with E-state index in [0.717, 1.165) is 17.0 Å². The van der Waals surface area contributed by atoms with Gasteiger partial charge in [-0.1, -0.05) is 0 Å². The minimum atomic E-state index is -6.09. The van der Waals surface area contributed by atoms with Crippen molar-refractivity contribution < 1.29 is 30.7 Å². The molecular weight excluding hydrogens is 392 g/mol. The van der Waals surface area contributed by atoms with Gasteiger partial charge in [0.25, 0.3) is 0 Å². The molecule has 0 aliphatic rings. The van der Waals surface area contributed by atoms with Crippen molar-refractivity contribution in [1.82, 2.24) is 4.57 Å². The Kier molecular flexibility index (Phi) is 8.24. The Morgan fingerprint density at radius 1 is 1.15 bits per heavy atom. The van der Waals surface area contributed by atoms with Crippen LogP contribution in [0.25, 0.3) is 0 Å². The van der Waals surface area contributed by atoms with E-state index in [0.29, 0.717) is 0 Å². The average Bonchev–Trinajstić information content (AvgIpc) is 2.71. The maximum atomic E-state index is 10.7. The third-order valence-electron chi connectivity index (χ3n) is 3.39.